The van der Waals surface area contributed by atoms with Gasteiger partial charge >= 0.3 is 0 Å². The van der Waals surface area contributed by atoms with Crippen LogP contribution in [-0.4, -0.2) is 22.9 Å². The normalized spacial score (nSPS) is 25.5. The van der Waals surface area contributed by atoms with Gasteiger partial charge in [-0.3, -0.25) is 10.1 Å². The van der Waals surface area contributed by atoms with E-state index in [9.17, 15) is 4.79 Å². The Kier molecular flexibility index (Phi) is 3.09. The molecule has 3 heteroatoms. The molecule has 1 aliphatic carbocycles. The van der Waals surface area contributed by atoms with Crippen molar-refractivity contribution >= 4 is 5.91 Å². The quantitative estimate of drug-likeness (QED) is 0.884. The summed E-state index contributed by atoms with van der Waals surface area (Å²) in [4.78, 5) is 14.7. The van der Waals surface area contributed by atoms with Crippen molar-refractivity contribution in [3.05, 3.63) is 35.4 Å². The lowest BCUT2D eigenvalue weighted by atomic mass is 9.98. The minimum Gasteiger partial charge on any atom is -0.322 e. The second-order valence-corrected chi connectivity index (χ2v) is 5.78. The van der Waals surface area contributed by atoms with Crippen molar-refractivity contribution < 1.29 is 4.79 Å². The lowest BCUT2D eigenvalue weighted by Crippen LogP contribution is -2.44. The second-order valence-electron chi connectivity index (χ2n) is 5.78. The Hall–Kier alpha value is -1.35. The van der Waals surface area contributed by atoms with Crippen LogP contribution in [0.25, 0.3) is 0 Å². The van der Waals surface area contributed by atoms with Gasteiger partial charge in [0.25, 0.3) is 0 Å². The zero-order valence-corrected chi connectivity index (χ0v) is 11.8. The summed E-state index contributed by atoms with van der Waals surface area (Å²) in [5, 5.41) is 3.65. The van der Waals surface area contributed by atoms with Gasteiger partial charge in [-0.1, -0.05) is 37.1 Å². The molecule has 1 aromatic carbocycles. The molecule has 1 heterocycles. The third-order valence-electron chi connectivity index (χ3n) is 4.68. The van der Waals surface area contributed by atoms with Crippen LogP contribution in [0.1, 0.15) is 49.9 Å². The number of rotatable bonds is 2. The van der Waals surface area contributed by atoms with Crippen LogP contribution in [0.2, 0.25) is 0 Å². The van der Waals surface area contributed by atoms with Crippen LogP contribution >= 0.6 is 0 Å². The zero-order valence-electron chi connectivity index (χ0n) is 11.8. The Balaban J connectivity index is 1.98. The maximum atomic E-state index is 12.7. The van der Waals surface area contributed by atoms with E-state index in [0.717, 1.165) is 32.2 Å². The van der Waals surface area contributed by atoms with E-state index >= 15 is 0 Å². The molecule has 1 aliphatic heterocycles. The first-order valence-corrected chi connectivity index (χ1v) is 7.32. The number of aryl methyl sites for hydroxylation is 1. The average molecular weight is 258 g/mol. The number of nitrogens with zero attached hydrogens (tertiary/aromatic N) is 1. The van der Waals surface area contributed by atoms with Crippen molar-refractivity contribution in [1.29, 1.82) is 0 Å². The number of benzene rings is 1. The van der Waals surface area contributed by atoms with Crippen LogP contribution in [-0.2, 0) is 4.79 Å². The summed E-state index contributed by atoms with van der Waals surface area (Å²) in [6.45, 7) is 4.96. The highest BCUT2D eigenvalue weighted by Gasteiger charge is 2.52. The zero-order chi connectivity index (χ0) is 13.5. The Bertz CT molecular complexity index is 491. The minimum absolute atomic E-state index is 0.0526. The minimum atomic E-state index is -0.275. The fourth-order valence-corrected chi connectivity index (χ4v) is 3.60. The molecule has 1 saturated heterocycles. The first kappa shape index (κ1) is 12.7. The van der Waals surface area contributed by atoms with E-state index < -0.39 is 0 Å². The van der Waals surface area contributed by atoms with Crippen molar-refractivity contribution in [2.75, 3.05) is 6.54 Å². The number of amides is 1. The van der Waals surface area contributed by atoms with E-state index in [1.807, 2.05) is 4.90 Å². The van der Waals surface area contributed by atoms with Gasteiger partial charge in [0.05, 0.1) is 5.54 Å². The molecular weight excluding hydrogens is 236 g/mol. The molecule has 0 aromatic heterocycles. The van der Waals surface area contributed by atoms with Gasteiger partial charge in [0.2, 0.25) is 5.91 Å². The van der Waals surface area contributed by atoms with Crippen LogP contribution in [0.5, 0.6) is 0 Å². The Labute approximate surface area is 115 Å². The molecule has 3 rings (SSSR count). The van der Waals surface area contributed by atoms with Crippen LogP contribution < -0.4 is 5.32 Å². The predicted molar refractivity (Wildman–Crippen MR) is 75.6 cm³/mol. The van der Waals surface area contributed by atoms with E-state index in [4.69, 9.17) is 0 Å². The van der Waals surface area contributed by atoms with Gasteiger partial charge in [-0.15, -0.1) is 0 Å². The highest BCUT2D eigenvalue weighted by molar-refractivity contribution is 5.89. The van der Waals surface area contributed by atoms with Gasteiger partial charge in [0, 0.05) is 6.54 Å². The van der Waals surface area contributed by atoms with E-state index in [1.54, 1.807) is 0 Å². The summed E-state index contributed by atoms with van der Waals surface area (Å²) >= 11 is 0. The molecule has 1 amide bonds. The van der Waals surface area contributed by atoms with Crippen molar-refractivity contribution in [3.8, 4) is 0 Å². The van der Waals surface area contributed by atoms with E-state index in [1.165, 1.54) is 11.1 Å². The summed E-state index contributed by atoms with van der Waals surface area (Å²) in [6, 6.07) is 8.37. The fourth-order valence-electron chi connectivity index (χ4n) is 3.60. The number of hydrogen-bond acceptors (Lipinski definition) is 2. The van der Waals surface area contributed by atoms with Gasteiger partial charge in [-0.05, 0) is 37.8 Å². The van der Waals surface area contributed by atoms with Crippen LogP contribution in [0.3, 0.4) is 0 Å². The first-order chi connectivity index (χ1) is 9.18. The maximum Gasteiger partial charge on any atom is 0.244 e. The van der Waals surface area contributed by atoms with Crippen LogP contribution in [0.15, 0.2) is 24.3 Å². The molecule has 0 radical (unpaired) electrons. The predicted octanol–water partition coefficient (Wildman–Crippen LogP) is 2.76. The largest absolute Gasteiger partial charge is 0.322 e. The van der Waals surface area contributed by atoms with E-state index in [2.05, 4.69) is 43.4 Å². The third kappa shape index (κ3) is 1.88. The SMILES string of the molecule is CCN1C(=O)C2(CCCC2)NC1c1ccccc1C. The van der Waals surface area contributed by atoms with Crippen LogP contribution in [0.4, 0.5) is 0 Å². The molecule has 102 valence electrons. The third-order valence-corrected chi connectivity index (χ3v) is 4.68. The summed E-state index contributed by atoms with van der Waals surface area (Å²) in [7, 11) is 0. The molecule has 2 fully saturated rings. The molecule has 2 aliphatic rings. The van der Waals surface area contributed by atoms with Crippen molar-refractivity contribution in [2.24, 2.45) is 0 Å². The molecule has 1 N–H and O–H groups in total. The number of carbonyl (C=O) groups excluding carboxylic acids is 1. The molecule has 1 unspecified atom stereocenters. The molecule has 1 saturated carbocycles. The highest BCUT2D eigenvalue weighted by atomic mass is 16.2. The Morgan fingerprint density at radius 1 is 1.32 bits per heavy atom. The fraction of sp³-hybridized carbons (Fsp3) is 0.562. The highest BCUT2D eigenvalue weighted by Crippen LogP contribution is 2.41. The summed E-state index contributed by atoms with van der Waals surface area (Å²) in [6.07, 6.45) is 4.36. The van der Waals surface area contributed by atoms with Gasteiger partial charge < -0.3 is 4.90 Å². The standard InChI is InChI=1S/C16H22N2O/c1-3-18-14(13-9-5-4-8-12(13)2)17-16(15(18)19)10-6-7-11-16/h4-5,8-9,14,17H,3,6-7,10-11H2,1-2H3. The maximum absolute atomic E-state index is 12.7. The molecule has 3 nitrogen and oxygen atoms in total. The molecular formula is C16H22N2O. The number of nitrogens with one attached hydrogen (secondary N) is 1. The summed E-state index contributed by atoms with van der Waals surface area (Å²) in [5.41, 5.74) is 2.21. The lowest BCUT2D eigenvalue weighted by Gasteiger charge is -2.24. The van der Waals surface area contributed by atoms with Crippen molar-refractivity contribution in [3.63, 3.8) is 0 Å². The van der Waals surface area contributed by atoms with E-state index in [-0.39, 0.29) is 11.7 Å². The number of carbonyl (C=O) groups is 1. The van der Waals surface area contributed by atoms with Gasteiger partial charge in [-0.2, -0.15) is 0 Å². The number of likely N-dealkylation sites (N-methyl/N-ethyl adjacent to an activating group) is 1. The summed E-state index contributed by atoms with van der Waals surface area (Å²) in [5.74, 6) is 0.306. The Morgan fingerprint density at radius 2 is 2.00 bits per heavy atom. The average Bonchev–Trinajstić information content (AvgIpc) is 2.98. The van der Waals surface area contributed by atoms with Gasteiger partial charge in [-0.25, -0.2) is 0 Å². The van der Waals surface area contributed by atoms with Gasteiger partial charge in [0.15, 0.2) is 0 Å². The molecule has 1 aromatic rings. The molecule has 1 atom stereocenters. The molecule has 1 spiro atoms. The number of hydrogen-bond donors (Lipinski definition) is 1. The van der Waals surface area contributed by atoms with Crippen molar-refractivity contribution in [2.45, 2.75) is 51.2 Å². The second kappa shape index (κ2) is 4.64. The van der Waals surface area contributed by atoms with Crippen molar-refractivity contribution in [1.82, 2.24) is 10.2 Å². The molecule has 0 bridgehead atoms. The van der Waals surface area contributed by atoms with E-state index in [0.29, 0.717) is 5.91 Å². The summed E-state index contributed by atoms with van der Waals surface area (Å²) < 4.78 is 0. The monoisotopic (exact) mass is 258 g/mol. The topological polar surface area (TPSA) is 32.3 Å². The smallest absolute Gasteiger partial charge is 0.244 e. The molecule has 19 heavy (non-hydrogen) atoms. The van der Waals surface area contributed by atoms with Gasteiger partial charge in [0.1, 0.15) is 6.17 Å². The lowest BCUT2D eigenvalue weighted by molar-refractivity contribution is -0.133. The van der Waals surface area contributed by atoms with Crippen LogP contribution in [0, 0.1) is 6.92 Å². The first-order valence-electron chi connectivity index (χ1n) is 7.32. The Morgan fingerprint density at radius 3 is 2.63 bits per heavy atom.